The number of pyridine rings is 1. The van der Waals surface area contributed by atoms with Crippen LogP contribution in [-0.2, 0) is 21.5 Å². The fraction of sp³-hybridized carbons (Fsp3) is 0.276. The Bertz CT molecular complexity index is 1310. The van der Waals surface area contributed by atoms with Crippen LogP contribution in [0.3, 0.4) is 0 Å². The van der Waals surface area contributed by atoms with Crippen LogP contribution in [0, 0.1) is 6.92 Å². The van der Waals surface area contributed by atoms with E-state index in [-0.39, 0.29) is 23.3 Å². The molecule has 3 aromatic rings. The van der Waals surface area contributed by atoms with Crippen molar-refractivity contribution in [1.29, 1.82) is 0 Å². The van der Waals surface area contributed by atoms with Gasteiger partial charge in [-0.05, 0) is 58.9 Å². The second-order valence-corrected chi connectivity index (χ2v) is 9.80. The van der Waals surface area contributed by atoms with Crippen LogP contribution in [0.2, 0.25) is 0 Å². The number of hydrogen-bond acceptors (Lipinski definition) is 5. The number of amides is 1. The third-order valence-corrected chi connectivity index (χ3v) is 6.45. The monoisotopic (exact) mass is 470 g/mol. The van der Waals surface area contributed by atoms with Crippen molar-refractivity contribution in [3.63, 3.8) is 0 Å². The number of nitrogens with zero attached hydrogens (tertiary/aromatic N) is 2. The van der Waals surface area contributed by atoms with Gasteiger partial charge >= 0.3 is 0 Å². The van der Waals surface area contributed by atoms with Gasteiger partial charge in [-0.15, -0.1) is 0 Å². The Morgan fingerprint density at radius 1 is 1.06 bits per heavy atom. The molecule has 1 aromatic heterocycles. The van der Waals surface area contributed by atoms with Crippen molar-refractivity contribution in [2.75, 3.05) is 7.11 Å². The molecule has 35 heavy (non-hydrogen) atoms. The van der Waals surface area contributed by atoms with Crippen LogP contribution in [0.1, 0.15) is 54.6 Å². The van der Waals surface area contributed by atoms with E-state index in [0.717, 1.165) is 22.3 Å². The SMILES string of the molecule is COc1ccc(C(C)(C)C)cc1/C(O)=C1\C(=O)C(=O)N(Cc2ccncc2)C1c1ccccc1C. The normalized spacial score (nSPS) is 17.6. The summed E-state index contributed by atoms with van der Waals surface area (Å²) >= 11 is 0. The molecular weight excluding hydrogens is 440 g/mol. The van der Waals surface area contributed by atoms with Gasteiger partial charge in [-0.3, -0.25) is 14.6 Å². The number of carbonyl (C=O) groups excluding carboxylic acids is 2. The number of aliphatic hydroxyl groups is 1. The van der Waals surface area contributed by atoms with E-state index in [0.29, 0.717) is 11.3 Å². The maximum absolute atomic E-state index is 13.4. The standard InChI is InChI=1S/C29H30N2O4/c1-18-8-6-7-9-21(18)25-24(27(33)28(34)31(25)17-19-12-14-30-15-13-19)26(32)22-16-20(29(2,3)4)10-11-23(22)35-5/h6-16,25,32H,17H2,1-5H3/b26-24+. The molecule has 0 aliphatic carbocycles. The summed E-state index contributed by atoms with van der Waals surface area (Å²) in [5.74, 6) is -1.17. The van der Waals surface area contributed by atoms with Crippen LogP contribution in [-0.4, -0.2) is 33.8 Å². The van der Waals surface area contributed by atoms with E-state index in [4.69, 9.17) is 4.74 Å². The average Bonchev–Trinajstić information content (AvgIpc) is 3.08. The fourth-order valence-corrected chi connectivity index (χ4v) is 4.45. The molecule has 2 heterocycles. The number of hydrogen-bond donors (Lipinski definition) is 1. The molecule has 1 aliphatic heterocycles. The Hall–Kier alpha value is -3.93. The third-order valence-electron chi connectivity index (χ3n) is 6.45. The molecular formula is C29H30N2O4. The van der Waals surface area contributed by atoms with E-state index in [9.17, 15) is 14.7 Å². The molecule has 1 amide bonds. The molecule has 0 spiro atoms. The smallest absolute Gasteiger partial charge is 0.295 e. The van der Waals surface area contributed by atoms with Crippen molar-refractivity contribution < 1.29 is 19.4 Å². The van der Waals surface area contributed by atoms with E-state index in [1.165, 1.54) is 12.0 Å². The average molecular weight is 471 g/mol. The zero-order valence-electron chi connectivity index (χ0n) is 20.7. The van der Waals surface area contributed by atoms with Crippen molar-refractivity contribution in [3.8, 4) is 5.75 Å². The highest BCUT2D eigenvalue weighted by atomic mass is 16.5. The first-order valence-corrected chi connectivity index (χ1v) is 11.5. The number of aryl methyl sites for hydroxylation is 1. The van der Waals surface area contributed by atoms with Crippen LogP contribution in [0.25, 0.3) is 5.76 Å². The molecule has 1 aliphatic rings. The molecule has 1 unspecified atom stereocenters. The second kappa shape index (κ2) is 9.37. The highest BCUT2D eigenvalue weighted by molar-refractivity contribution is 6.46. The lowest BCUT2D eigenvalue weighted by Gasteiger charge is -2.27. The Kier molecular flexibility index (Phi) is 6.48. The highest BCUT2D eigenvalue weighted by Crippen LogP contribution is 2.43. The number of ether oxygens (including phenoxy) is 1. The molecule has 0 bridgehead atoms. The van der Waals surface area contributed by atoms with Crippen molar-refractivity contribution in [1.82, 2.24) is 9.88 Å². The minimum absolute atomic E-state index is 0.0581. The molecule has 2 aromatic carbocycles. The second-order valence-electron chi connectivity index (χ2n) is 9.80. The van der Waals surface area contributed by atoms with Gasteiger partial charge in [-0.2, -0.15) is 0 Å². The summed E-state index contributed by atoms with van der Waals surface area (Å²) in [6.07, 6.45) is 3.30. The third kappa shape index (κ3) is 4.56. The van der Waals surface area contributed by atoms with E-state index in [1.807, 2.05) is 55.5 Å². The summed E-state index contributed by atoms with van der Waals surface area (Å²) in [4.78, 5) is 32.3. The van der Waals surface area contributed by atoms with Gasteiger partial charge in [0.15, 0.2) is 0 Å². The lowest BCUT2D eigenvalue weighted by molar-refractivity contribution is -0.140. The van der Waals surface area contributed by atoms with E-state index in [1.54, 1.807) is 18.5 Å². The van der Waals surface area contributed by atoms with Crippen molar-refractivity contribution in [3.05, 3.63) is 100 Å². The van der Waals surface area contributed by atoms with Gasteiger partial charge in [-0.1, -0.05) is 51.1 Å². The number of carbonyl (C=O) groups is 2. The van der Waals surface area contributed by atoms with Crippen molar-refractivity contribution >= 4 is 17.4 Å². The Morgan fingerprint density at radius 3 is 2.37 bits per heavy atom. The predicted molar refractivity (Wildman–Crippen MR) is 135 cm³/mol. The van der Waals surface area contributed by atoms with Gasteiger partial charge in [0, 0.05) is 18.9 Å². The molecule has 1 saturated heterocycles. The number of aliphatic hydroxyl groups excluding tert-OH is 1. The molecule has 1 N–H and O–H groups in total. The predicted octanol–water partition coefficient (Wildman–Crippen LogP) is 5.32. The molecule has 0 radical (unpaired) electrons. The topological polar surface area (TPSA) is 79.7 Å². The lowest BCUT2D eigenvalue weighted by atomic mass is 9.85. The van der Waals surface area contributed by atoms with E-state index in [2.05, 4.69) is 25.8 Å². The van der Waals surface area contributed by atoms with Crippen molar-refractivity contribution in [2.24, 2.45) is 0 Å². The number of benzene rings is 2. The minimum atomic E-state index is -0.743. The zero-order valence-corrected chi connectivity index (χ0v) is 20.7. The summed E-state index contributed by atoms with van der Waals surface area (Å²) in [6.45, 7) is 8.35. The highest BCUT2D eigenvalue weighted by Gasteiger charge is 2.46. The number of rotatable bonds is 5. The van der Waals surface area contributed by atoms with E-state index < -0.39 is 17.7 Å². The summed E-state index contributed by atoms with van der Waals surface area (Å²) in [6, 6.07) is 16.0. The van der Waals surface area contributed by atoms with Gasteiger partial charge in [-0.25, -0.2) is 0 Å². The maximum Gasteiger partial charge on any atom is 0.295 e. The van der Waals surface area contributed by atoms with Gasteiger partial charge in [0.25, 0.3) is 11.7 Å². The van der Waals surface area contributed by atoms with Gasteiger partial charge in [0.2, 0.25) is 0 Å². The lowest BCUT2D eigenvalue weighted by Crippen LogP contribution is -2.29. The number of ketones is 1. The first-order chi connectivity index (χ1) is 16.6. The van der Waals surface area contributed by atoms with Crippen LogP contribution >= 0.6 is 0 Å². The molecule has 1 atom stereocenters. The largest absolute Gasteiger partial charge is 0.507 e. The van der Waals surface area contributed by atoms with Crippen LogP contribution in [0.15, 0.2) is 72.6 Å². The van der Waals surface area contributed by atoms with Crippen LogP contribution in [0.4, 0.5) is 0 Å². The number of methoxy groups -OCH3 is 1. The van der Waals surface area contributed by atoms with Crippen LogP contribution in [0.5, 0.6) is 5.75 Å². The molecule has 6 heteroatoms. The molecule has 1 fully saturated rings. The number of Topliss-reactive ketones (excluding diaryl/α,β-unsaturated/α-hetero) is 1. The molecule has 180 valence electrons. The fourth-order valence-electron chi connectivity index (χ4n) is 4.45. The first-order valence-electron chi connectivity index (χ1n) is 11.5. The van der Waals surface area contributed by atoms with Gasteiger partial charge < -0.3 is 14.7 Å². The molecule has 6 nitrogen and oxygen atoms in total. The quantitative estimate of drug-likeness (QED) is 0.310. The number of aromatic nitrogens is 1. The molecule has 0 saturated carbocycles. The minimum Gasteiger partial charge on any atom is -0.507 e. The summed E-state index contributed by atoms with van der Waals surface area (Å²) in [5.41, 5.74) is 3.77. The van der Waals surface area contributed by atoms with Gasteiger partial charge in [0.1, 0.15) is 11.5 Å². The van der Waals surface area contributed by atoms with E-state index >= 15 is 0 Å². The first kappa shape index (κ1) is 24.2. The summed E-state index contributed by atoms with van der Waals surface area (Å²) in [7, 11) is 1.52. The van der Waals surface area contributed by atoms with Gasteiger partial charge in [0.05, 0.1) is 24.3 Å². The summed E-state index contributed by atoms with van der Waals surface area (Å²) in [5, 5.41) is 11.6. The Labute approximate surface area is 205 Å². The molecule has 4 rings (SSSR count). The number of likely N-dealkylation sites (tertiary alicyclic amines) is 1. The van der Waals surface area contributed by atoms with Crippen LogP contribution < -0.4 is 4.74 Å². The zero-order chi connectivity index (χ0) is 25.3. The van der Waals surface area contributed by atoms with Crippen molar-refractivity contribution in [2.45, 2.75) is 45.7 Å². The summed E-state index contributed by atoms with van der Waals surface area (Å²) < 4.78 is 5.53. The Morgan fingerprint density at radius 2 is 1.74 bits per heavy atom. The Balaban J connectivity index is 1.95. The maximum atomic E-state index is 13.4.